The fourth-order valence-electron chi connectivity index (χ4n) is 2.91. The van der Waals surface area contributed by atoms with Crippen LogP contribution in [0.15, 0.2) is 48.5 Å². The molecule has 2 aromatic carbocycles. The molecule has 0 unspecified atom stereocenters. The zero-order valence-corrected chi connectivity index (χ0v) is 16.8. The van der Waals surface area contributed by atoms with E-state index in [2.05, 4.69) is 0 Å². The van der Waals surface area contributed by atoms with Gasteiger partial charge in [-0.25, -0.2) is 8.42 Å². The van der Waals surface area contributed by atoms with Crippen LogP contribution in [0.2, 0.25) is 0 Å². The van der Waals surface area contributed by atoms with Crippen molar-refractivity contribution in [3.05, 3.63) is 54.1 Å². The van der Waals surface area contributed by atoms with Crippen molar-refractivity contribution in [2.75, 3.05) is 6.26 Å². The maximum absolute atomic E-state index is 11.4. The van der Waals surface area contributed by atoms with Crippen molar-refractivity contribution in [1.29, 1.82) is 0 Å². The molecule has 1 aliphatic heterocycles. The first-order valence-electron chi connectivity index (χ1n) is 8.69. The van der Waals surface area contributed by atoms with Gasteiger partial charge in [-0.15, -0.1) is 0 Å². The van der Waals surface area contributed by atoms with Gasteiger partial charge in [-0.05, 0) is 49.8 Å². The summed E-state index contributed by atoms with van der Waals surface area (Å²) in [6.45, 7) is 8.16. The highest BCUT2D eigenvalue weighted by atomic mass is 32.2. The lowest BCUT2D eigenvalue weighted by molar-refractivity contribution is 0.00578. The molecule has 26 heavy (non-hydrogen) atoms. The maximum atomic E-state index is 11.4. The van der Waals surface area contributed by atoms with Crippen LogP contribution in [0, 0.1) is 0 Å². The van der Waals surface area contributed by atoms with Crippen LogP contribution in [0.4, 0.5) is 0 Å². The van der Waals surface area contributed by atoms with Crippen molar-refractivity contribution in [3.63, 3.8) is 0 Å². The molecule has 2 aromatic rings. The van der Waals surface area contributed by atoms with Gasteiger partial charge in [0, 0.05) is 6.26 Å². The van der Waals surface area contributed by atoms with Crippen LogP contribution in [0.3, 0.4) is 0 Å². The van der Waals surface area contributed by atoms with E-state index in [9.17, 15) is 8.42 Å². The monoisotopic (exact) mass is 372 g/mol. The van der Waals surface area contributed by atoms with Crippen LogP contribution >= 0.6 is 0 Å². The summed E-state index contributed by atoms with van der Waals surface area (Å²) in [6.07, 6.45) is 1.25. The smallest absolute Gasteiger partial charge is 0.399 e. The van der Waals surface area contributed by atoms with E-state index in [0.717, 1.165) is 22.2 Å². The van der Waals surface area contributed by atoms with Crippen LogP contribution in [0.5, 0.6) is 0 Å². The summed E-state index contributed by atoms with van der Waals surface area (Å²) in [4.78, 5) is 0. The number of benzene rings is 2. The second kappa shape index (κ2) is 6.52. The summed E-state index contributed by atoms with van der Waals surface area (Å²) >= 11 is 0. The minimum absolute atomic E-state index is 0.0636. The standard InChI is InChI=1S/C20H25BO4S/c1-19(2)20(3,4)25-21(24-19)18-12-10-17(11-13-18)16-8-6-15(7-9-16)14-26(5,22)23/h6-13H,14H2,1-5H3. The van der Waals surface area contributed by atoms with Crippen LogP contribution in [-0.2, 0) is 24.9 Å². The summed E-state index contributed by atoms with van der Waals surface area (Å²) in [7, 11) is -3.39. The molecule has 6 heteroatoms. The van der Waals surface area contributed by atoms with Gasteiger partial charge in [-0.2, -0.15) is 0 Å². The van der Waals surface area contributed by atoms with E-state index < -0.39 is 9.84 Å². The van der Waals surface area contributed by atoms with Gasteiger partial charge in [0.2, 0.25) is 0 Å². The zero-order valence-electron chi connectivity index (χ0n) is 15.9. The molecule has 1 saturated heterocycles. The lowest BCUT2D eigenvalue weighted by Crippen LogP contribution is -2.41. The predicted molar refractivity (Wildman–Crippen MR) is 106 cm³/mol. The molecule has 4 nitrogen and oxygen atoms in total. The second-order valence-corrected chi connectivity index (χ2v) is 10.1. The topological polar surface area (TPSA) is 52.6 Å². The Morgan fingerprint density at radius 3 is 1.65 bits per heavy atom. The van der Waals surface area contributed by atoms with E-state index in [4.69, 9.17) is 9.31 Å². The molecule has 0 aliphatic carbocycles. The fraction of sp³-hybridized carbons (Fsp3) is 0.400. The highest BCUT2D eigenvalue weighted by Crippen LogP contribution is 2.36. The number of rotatable bonds is 4. The molecular formula is C20H25BO4S. The summed E-state index contributed by atoms with van der Waals surface area (Å²) in [6, 6.07) is 15.7. The molecule has 0 N–H and O–H groups in total. The van der Waals surface area contributed by atoms with Crippen LogP contribution in [0.1, 0.15) is 33.3 Å². The van der Waals surface area contributed by atoms with Crippen molar-refractivity contribution >= 4 is 22.4 Å². The molecule has 0 saturated carbocycles. The summed E-state index contributed by atoms with van der Waals surface area (Å²) < 4.78 is 34.9. The predicted octanol–water partition coefficient (Wildman–Crippen LogP) is 3.20. The highest BCUT2D eigenvalue weighted by Gasteiger charge is 2.51. The Kier molecular flexibility index (Phi) is 4.80. The Morgan fingerprint density at radius 1 is 0.808 bits per heavy atom. The van der Waals surface area contributed by atoms with E-state index in [-0.39, 0.29) is 24.1 Å². The van der Waals surface area contributed by atoms with Gasteiger partial charge >= 0.3 is 7.12 Å². The van der Waals surface area contributed by atoms with Gasteiger partial charge in [-0.3, -0.25) is 0 Å². The van der Waals surface area contributed by atoms with Gasteiger partial charge in [0.25, 0.3) is 0 Å². The molecule has 0 amide bonds. The van der Waals surface area contributed by atoms with Crippen molar-refractivity contribution < 1.29 is 17.7 Å². The third-order valence-corrected chi connectivity index (χ3v) is 6.01. The van der Waals surface area contributed by atoms with E-state index in [0.29, 0.717) is 0 Å². The number of hydrogen-bond acceptors (Lipinski definition) is 4. The van der Waals surface area contributed by atoms with E-state index in [1.54, 1.807) is 0 Å². The molecule has 0 spiro atoms. The average molecular weight is 372 g/mol. The SMILES string of the molecule is CC1(C)OB(c2ccc(-c3ccc(CS(C)(=O)=O)cc3)cc2)OC1(C)C. The van der Waals surface area contributed by atoms with E-state index in [1.165, 1.54) is 6.26 Å². The second-order valence-electron chi connectivity index (χ2n) is 7.98. The summed E-state index contributed by atoms with van der Waals surface area (Å²) in [5.74, 6) is 0.0636. The van der Waals surface area contributed by atoms with Gasteiger partial charge in [0.1, 0.15) is 0 Å². The van der Waals surface area contributed by atoms with Gasteiger partial charge in [0.15, 0.2) is 9.84 Å². The van der Waals surface area contributed by atoms with Gasteiger partial charge in [-0.1, -0.05) is 48.5 Å². The van der Waals surface area contributed by atoms with Crippen molar-refractivity contribution in [3.8, 4) is 11.1 Å². The first-order valence-corrected chi connectivity index (χ1v) is 10.8. The minimum atomic E-state index is -3.02. The lowest BCUT2D eigenvalue weighted by Gasteiger charge is -2.32. The van der Waals surface area contributed by atoms with Crippen LogP contribution in [-0.4, -0.2) is 33.0 Å². The van der Waals surface area contributed by atoms with Gasteiger partial charge < -0.3 is 9.31 Å². The lowest BCUT2D eigenvalue weighted by atomic mass is 9.78. The average Bonchev–Trinajstić information content (AvgIpc) is 2.75. The summed E-state index contributed by atoms with van der Waals surface area (Å²) in [5, 5.41) is 0. The first kappa shape index (κ1) is 19.1. The van der Waals surface area contributed by atoms with E-state index >= 15 is 0 Å². The van der Waals surface area contributed by atoms with Crippen LogP contribution in [0.25, 0.3) is 11.1 Å². The Bertz CT molecular complexity index is 868. The molecule has 3 rings (SSSR count). The maximum Gasteiger partial charge on any atom is 0.494 e. The molecule has 1 aliphatic rings. The van der Waals surface area contributed by atoms with Crippen molar-refractivity contribution in [1.82, 2.24) is 0 Å². The molecule has 0 aromatic heterocycles. The minimum Gasteiger partial charge on any atom is -0.399 e. The molecule has 0 bridgehead atoms. The van der Waals surface area contributed by atoms with Gasteiger partial charge in [0.05, 0.1) is 17.0 Å². The molecule has 1 fully saturated rings. The van der Waals surface area contributed by atoms with Crippen molar-refractivity contribution in [2.45, 2.75) is 44.6 Å². The summed E-state index contributed by atoms with van der Waals surface area (Å²) in [5.41, 5.74) is 3.18. The Hall–Kier alpha value is -1.63. The largest absolute Gasteiger partial charge is 0.494 e. The number of sulfone groups is 1. The normalized spacial score (nSPS) is 18.9. The highest BCUT2D eigenvalue weighted by molar-refractivity contribution is 7.89. The third-order valence-electron chi connectivity index (χ3n) is 5.15. The first-order chi connectivity index (χ1) is 12.0. The quantitative estimate of drug-likeness (QED) is 0.774. The fourth-order valence-corrected chi connectivity index (χ4v) is 3.71. The number of hydrogen-bond donors (Lipinski definition) is 0. The molecule has 1 heterocycles. The molecule has 0 radical (unpaired) electrons. The van der Waals surface area contributed by atoms with E-state index in [1.807, 2.05) is 76.2 Å². The van der Waals surface area contributed by atoms with Crippen molar-refractivity contribution in [2.24, 2.45) is 0 Å². The Morgan fingerprint density at radius 2 is 1.23 bits per heavy atom. The third kappa shape index (κ3) is 4.03. The molecule has 138 valence electrons. The van der Waals surface area contributed by atoms with Crippen LogP contribution < -0.4 is 5.46 Å². The molecular weight excluding hydrogens is 347 g/mol. The zero-order chi connectivity index (χ0) is 19.2. The Labute approximate surface area is 156 Å². The Balaban J connectivity index is 1.76. The molecule has 0 atom stereocenters.